The monoisotopic (exact) mass is 329 g/mol. The van der Waals surface area contributed by atoms with Gasteiger partial charge < -0.3 is 19.9 Å². The van der Waals surface area contributed by atoms with Crippen LogP contribution in [-0.4, -0.2) is 42.0 Å². The molecular weight excluding hydrogens is 306 g/mol. The van der Waals surface area contributed by atoms with Gasteiger partial charge in [0.05, 0.1) is 25.1 Å². The average molecular weight is 329 g/mol. The number of rotatable bonds is 7. The maximum Gasteiger partial charge on any atom is 0.208 e. The quantitative estimate of drug-likeness (QED) is 0.800. The highest BCUT2D eigenvalue weighted by atomic mass is 16.5. The molecule has 0 radical (unpaired) electrons. The van der Waals surface area contributed by atoms with Gasteiger partial charge in [-0.05, 0) is 42.3 Å². The molecule has 1 aromatic rings. The zero-order chi connectivity index (χ0) is 16.9. The zero-order valence-electron chi connectivity index (χ0n) is 14.0. The van der Waals surface area contributed by atoms with E-state index < -0.39 is 0 Å². The lowest BCUT2D eigenvalue weighted by Crippen LogP contribution is -2.37. The number of ether oxygens (including phenoxy) is 2. The Morgan fingerprint density at radius 2 is 1.88 bits per heavy atom. The Hall–Kier alpha value is -2.60. The number of hydrazine groups is 1. The number of aliphatic hydroxyl groups is 1. The lowest BCUT2D eigenvalue weighted by atomic mass is 10.1. The number of hydrogen-bond donors (Lipinski definition) is 2. The molecule has 0 atom stereocenters. The Labute approximate surface area is 142 Å². The Kier molecular flexibility index (Phi) is 4.96. The number of nitrogens with zero attached hydrogens (tertiary/aromatic N) is 2. The van der Waals surface area contributed by atoms with Crippen LogP contribution in [0.3, 0.4) is 0 Å². The van der Waals surface area contributed by atoms with Gasteiger partial charge in [-0.25, -0.2) is 5.01 Å². The van der Waals surface area contributed by atoms with E-state index in [1.54, 1.807) is 0 Å². The predicted molar refractivity (Wildman–Crippen MR) is 92.1 cm³/mol. The number of allylic oxidation sites excluding steroid dienone is 2. The lowest BCUT2D eigenvalue weighted by Gasteiger charge is -2.33. The molecule has 0 saturated heterocycles. The molecule has 128 valence electrons. The van der Waals surface area contributed by atoms with Gasteiger partial charge in [-0.2, -0.15) is 0 Å². The third-order valence-corrected chi connectivity index (χ3v) is 3.77. The molecule has 0 spiro atoms. The first kappa shape index (κ1) is 16.3. The SMILES string of the molecule is CCCOC1=CC=C2NC(c3ccc(OCCO)cc3)=CN2N1C. The molecule has 0 aliphatic carbocycles. The molecule has 2 aliphatic heterocycles. The van der Waals surface area contributed by atoms with Crippen LogP contribution < -0.4 is 10.1 Å². The number of nitrogens with one attached hydrogen (secondary N) is 1. The van der Waals surface area contributed by atoms with Crippen LogP contribution in [0.2, 0.25) is 0 Å². The van der Waals surface area contributed by atoms with Crippen molar-refractivity contribution < 1.29 is 14.6 Å². The fourth-order valence-corrected chi connectivity index (χ4v) is 2.54. The van der Waals surface area contributed by atoms with Gasteiger partial charge in [-0.3, -0.25) is 5.01 Å². The van der Waals surface area contributed by atoms with Crippen molar-refractivity contribution in [2.24, 2.45) is 0 Å². The summed E-state index contributed by atoms with van der Waals surface area (Å²) in [5, 5.41) is 16.2. The first-order valence-corrected chi connectivity index (χ1v) is 8.13. The largest absolute Gasteiger partial charge is 0.491 e. The summed E-state index contributed by atoms with van der Waals surface area (Å²) in [7, 11) is 1.97. The van der Waals surface area contributed by atoms with Crippen LogP contribution in [0.1, 0.15) is 18.9 Å². The summed E-state index contributed by atoms with van der Waals surface area (Å²) in [5.74, 6) is 2.56. The molecule has 6 nitrogen and oxygen atoms in total. The molecule has 0 aromatic heterocycles. The smallest absolute Gasteiger partial charge is 0.208 e. The van der Waals surface area contributed by atoms with E-state index in [0.717, 1.165) is 35.1 Å². The van der Waals surface area contributed by atoms with Crippen molar-refractivity contribution in [3.63, 3.8) is 0 Å². The van der Waals surface area contributed by atoms with Gasteiger partial charge in [0.25, 0.3) is 0 Å². The Morgan fingerprint density at radius 3 is 2.58 bits per heavy atom. The topological polar surface area (TPSA) is 57.2 Å². The molecule has 3 rings (SSSR count). The maximum atomic E-state index is 8.80. The molecule has 2 heterocycles. The summed E-state index contributed by atoms with van der Waals surface area (Å²) in [4.78, 5) is 0. The Balaban J connectivity index is 1.71. The van der Waals surface area contributed by atoms with Gasteiger partial charge in [0, 0.05) is 13.1 Å². The second kappa shape index (κ2) is 7.31. The van der Waals surface area contributed by atoms with Gasteiger partial charge in [0.1, 0.15) is 18.2 Å². The molecule has 0 bridgehead atoms. The number of fused-ring (bicyclic) bond motifs is 1. The van der Waals surface area contributed by atoms with Crippen molar-refractivity contribution in [1.29, 1.82) is 0 Å². The van der Waals surface area contributed by atoms with Crippen LogP contribution in [0.25, 0.3) is 5.70 Å². The second-order valence-corrected chi connectivity index (χ2v) is 5.54. The normalized spacial score (nSPS) is 16.0. The van der Waals surface area contributed by atoms with Crippen molar-refractivity contribution in [3.8, 4) is 5.75 Å². The zero-order valence-corrected chi connectivity index (χ0v) is 14.0. The predicted octanol–water partition coefficient (Wildman–Crippen LogP) is 2.23. The van der Waals surface area contributed by atoms with Gasteiger partial charge >= 0.3 is 0 Å². The highest BCUT2D eigenvalue weighted by Gasteiger charge is 2.26. The summed E-state index contributed by atoms with van der Waals surface area (Å²) < 4.78 is 11.1. The van der Waals surface area contributed by atoms with E-state index in [1.165, 1.54) is 0 Å². The van der Waals surface area contributed by atoms with E-state index in [9.17, 15) is 0 Å². The highest BCUT2D eigenvalue weighted by Crippen LogP contribution is 2.29. The molecule has 24 heavy (non-hydrogen) atoms. The summed E-state index contributed by atoms with van der Waals surface area (Å²) in [5.41, 5.74) is 2.07. The van der Waals surface area contributed by atoms with E-state index in [2.05, 4.69) is 12.2 Å². The van der Waals surface area contributed by atoms with E-state index in [1.807, 2.05) is 59.7 Å². The third-order valence-electron chi connectivity index (χ3n) is 3.77. The van der Waals surface area contributed by atoms with Crippen LogP contribution in [0.4, 0.5) is 0 Å². The molecule has 0 saturated carbocycles. The van der Waals surface area contributed by atoms with Gasteiger partial charge in [-0.15, -0.1) is 0 Å². The van der Waals surface area contributed by atoms with Crippen LogP contribution in [0, 0.1) is 0 Å². The minimum Gasteiger partial charge on any atom is -0.491 e. The summed E-state index contributed by atoms with van der Waals surface area (Å²) in [6, 6.07) is 7.78. The first-order valence-electron chi connectivity index (χ1n) is 8.13. The minimum absolute atomic E-state index is 0.0132. The van der Waals surface area contributed by atoms with Crippen LogP contribution in [-0.2, 0) is 4.74 Å². The molecule has 1 aromatic carbocycles. The standard InChI is InChI=1S/C18H23N3O3/c1-3-11-24-18-9-8-17-19-16(13-21(17)20(18)2)14-4-6-15(7-5-14)23-12-10-22/h4-9,13,19,22H,3,10-12H2,1-2H3. The molecule has 2 aliphatic rings. The van der Waals surface area contributed by atoms with Gasteiger partial charge in [-0.1, -0.05) is 6.92 Å². The molecule has 6 heteroatoms. The van der Waals surface area contributed by atoms with E-state index in [4.69, 9.17) is 14.6 Å². The number of aliphatic hydroxyl groups excluding tert-OH is 1. The average Bonchev–Trinajstić information content (AvgIpc) is 3.05. The van der Waals surface area contributed by atoms with E-state index in [-0.39, 0.29) is 6.61 Å². The van der Waals surface area contributed by atoms with Crippen molar-refractivity contribution in [2.45, 2.75) is 13.3 Å². The van der Waals surface area contributed by atoms with Crippen LogP contribution >= 0.6 is 0 Å². The maximum absolute atomic E-state index is 8.80. The summed E-state index contributed by atoms with van der Waals surface area (Å²) in [6.45, 7) is 3.11. The molecule has 0 unspecified atom stereocenters. The number of hydrogen-bond acceptors (Lipinski definition) is 6. The third kappa shape index (κ3) is 3.33. The van der Waals surface area contributed by atoms with Crippen molar-refractivity contribution in [3.05, 3.63) is 59.9 Å². The fourth-order valence-electron chi connectivity index (χ4n) is 2.54. The Bertz CT molecular complexity index is 665. The highest BCUT2D eigenvalue weighted by molar-refractivity contribution is 5.68. The Morgan fingerprint density at radius 1 is 1.08 bits per heavy atom. The van der Waals surface area contributed by atoms with Crippen molar-refractivity contribution >= 4 is 5.70 Å². The number of benzene rings is 1. The lowest BCUT2D eigenvalue weighted by molar-refractivity contribution is 0.0249. The minimum atomic E-state index is 0.0132. The molecule has 0 fully saturated rings. The molecule has 2 N–H and O–H groups in total. The molecule has 0 amide bonds. The van der Waals surface area contributed by atoms with E-state index in [0.29, 0.717) is 13.2 Å². The van der Waals surface area contributed by atoms with E-state index >= 15 is 0 Å². The van der Waals surface area contributed by atoms with Crippen LogP contribution in [0.5, 0.6) is 5.75 Å². The summed E-state index contributed by atoms with van der Waals surface area (Å²) in [6.07, 6.45) is 6.99. The first-order chi connectivity index (χ1) is 11.7. The van der Waals surface area contributed by atoms with Gasteiger partial charge in [0.2, 0.25) is 5.88 Å². The van der Waals surface area contributed by atoms with Gasteiger partial charge in [0.15, 0.2) is 0 Å². The van der Waals surface area contributed by atoms with Crippen molar-refractivity contribution in [1.82, 2.24) is 15.3 Å². The summed E-state index contributed by atoms with van der Waals surface area (Å²) >= 11 is 0. The second-order valence-electron chi connectivity index (χ2n) is 5.54. The fraction of sp³-hybridized carbons (Fsp3) is 0.333. The molecular formula is C18H23N3O3. The van der Waals surface area contributed by atoms with Crippen molar-refractivity contribution in [2.75, 3.05) is 26.9 Å². The van der Waals surface area contributed by atoms with Crippen LogP contribution in [0.15, 0.2) is 54.3 Å².